The summed E-state index contributed by atoms with van der Waals surface area (Å²) in [4.78, 5) is 0.652. The van der Waals surface area contributed by atoms with Crippen LogP contribution in [-0.4, -0.2) is 10.9 Å². The molecule has 0 heterocycles. The summed E-state index contributed by atoms with van der Waals surface area (Å²) in [6.45, 7) is 6.68. The number of para-hydroxylation sites is 1. The zero-order chi connectivity index (χ0) is 11.8. The van der Waals surface area contributed by atoms with Crippen molar-refractivity contribution in [3.63, 3.8) is 0 Å². The highest BCUT2D eigenvalue weighted by molar-refractivity contribution is 9.09. The first kappa shape index (κ1) is 12.0. The second-order valence-corrected chi connectivity index (χ2v) is 6.85. The van der Waals surface area contributed by atoms with Crippen molar-refractivity contribution in [3.8, 4) is 5.75 Å². The summed E-state index contributed by atoms with van der Waals surface area (Å²) in [5, 5.41) is 0. The van der Waals surface area contributed by atoms with Crippen LogP contribution in [0.15, 0.2) is 24.3 Å². The van der Waals surface area contributed by atoms with E-state index < -0.39 is 0 Å². The third kappa shape index (κ3) is 2.60. The van der Waals surface area contributed by atoms with Crippen molar-refractivity contribution < 1.29 is 4.74 Å². The summed E-state index contributed by atoms with van der Waals surface area (Å²) in [6.07, 6.45) is 2.64. The van der Waals surface area contributed by atoms with Crippen LogP contribution in [0.4, 0.5) is 0 Å². The van der Waals surface area contributed by atoms with Crippen LogP contribution in [0.25, 0.3) is 0 Å². The van der Waals surface area contributed by atoms with Crippen LogP contribution in [-0.2, 0) is 5.41 Å². The largest absolute Gasteiger partial charge is 0.490 e. The zero-order valence-corrected chi connectivity index (χ0v) is 11.8. The average molecular weight is 283 g/mol. The molecule has 1 aliphatic rings. The molecule has 16 heavy (non-hydrogen) atoms. The number of alkyl halides is 1. The van der Waals surface area contributed by atoms with Gasteiger partial charge in [0.05, 0.1) is 0 Å². The van der Waals surface area contributed by atoms with Gasteiger partial charge in [-0.3, -0.25) is 0 Å². The van der Waals surface area contributed by atoms with Crippen LogP contribution in [0.3, 0.4) is 0 Å². The molecule has 0 unspecified atom stereocenters. The Kier molecular flexibility index (Phi) is 3.29. The quantitative estimate of drug-likeness (QED) is 0.736. The molecule has 0 amide bonds. The van der Waals surface area contributed by atoms with Gasteiger partial charge in [0.25, 0.3) is 0 Å². The van der Waals surface area contributed by atoms with Gasteiger partial charge in [-0.15, -0.1) is 0 Å². The molecule has 0 radical (unpaired) electrons. The van der Waals surface area contributed by atoms with Crippen LogP contribution >= 0.6 is 15.9 Å². The van der Waals surface area contributed by atoms with Gasteiger partial charge in [0.2, 0.25) is 0 Å². The molecule has 0 atom stereocenters. The normalized spacial score (nSPS) is 25.0. The van der Waals surface area contributed by atoms with Gasteiger partial charge in [-0.1, -0.05) is 54.9 Å². The van der Waals surface area contributed by atoms with Gasteiger partial charge in [-0.2, -0.15) is 0 Å². The first-order chi connectivity index (χ1) is 7.47. The zero-order valence-electron chi connectivity index (χ0n) is 10.2. The van der Waals surface area contributed by atoms with Crippen molar-refractivity contribution in [2.45, 2.75) is 50.0 Å². The molecule has 1 aromatic rings. The topological polar surface area (TPSA) is 9.23 Å². The van der Waals surface area contributed by atoms with Crippen LogP contribution in [0, 0.1) is 0 Å². The van der Waals surface area contributed by atoms with E-state index in [1.165, 1.54) is 5.56 Å². The molecule has 1 aliphatic carbocycles. The molecule has 0 N–H and O–H groups in total. The Bertz CT molecular complexity index is 361. The summed E-state index contributed by atoms with van der Waals surface area (Å²) in [5.41, 5.74) is 1.45. The van der Waals surface area contributed by atoms with E-state index in [4.69, 9.17) is 4.74 Å². The maximum Gasteiger partial charge on any atom is 0.123 e. The molecule has 2 heteroatoms. The SMILES string of the molecule is CC(C)(C)c1ccccc1OC1CC(Br)C1. The number of halogens is 1. The first-order valence-corrected chi connectivity index (χ1v) is 6.78. The van der Waals surface area contributed by atoms with E-state index in [9.17, 15) is 0 Å². The second kappa shape index (κ2) is 4.40. The highest BCUT2D eigenvalue weighted by Gasteiger charge is 2.30. The van der Waals surface area contributed by atoms with Gasteiger partial charge in [-0.25, -0.2) is 0 Å². The van der Waals surface area contributed by atoms with Crippen molar-refractivity contribution in [1.29, 1.82) is 0 Å². The van der Waals surface area contributed by atoms with E-state index >= 15 is 0 Å². The number of benzene rings is 1. The maximum atomic E-state index is 6.05. The molecular formula is C14H19BrO. The highest BCUT2D eigenvalue weighted by Crippen LogP contribution is 2.36. The van der Waals surface area contributed by atoms with E-state index in [1.54, 1.807) is 0 Å². The summed E-state index contributed by atoms with van der Waals surface area (Å²) in [5.74, 6) is 1.06. The minimum atomic E-state index is 0.147. The molecule has 0 aromatic heterocycles. The van der Waals surface area contributed by atoms with Crippen LogP contribution in [0.5, 0.6) is 5.75 Å². The summed E-state index contributed by atoms with van der Waals surface area (Å²) in [6, 6.07) is 8.39. The van der Waals surface area contributed by atoms with E-state index in [2.05, 4.69) is 61.0 Å². The van der Waals surface area contributed by atoms with Gasteiger partial charge in [0.15, 0.2) is 0 Å². The minimum Gasteiger partial charge on any atom is -0.490 e. The fraction of sp³-hybridized carbons (Fsp3) is 0.571. The number of hydrogen-bond donors (Lipinski definition) is 0. The fourth-order valence-corrected chi connectivity index (χ4v) is 2.80. The Hall–Kier alpha value is -0.500. The average Bonchev–Trinajstić information content (AvgIpc) is 2.14. The van der Waals surface area contributed by atoms with E-state index in [1.807, 2.05) is 0 Å². The standard InChI is InChI=1S/C14H19BrO/c1-14(2,3)12-6-4-5-7-13(12)16-11-8-10(15)9-11/h4-7,10-11H,8-9H2,1-3H3. The molecule has 0 spiro atoms. The Labute approximate surface area is 106 Å². The van der Waals surface area contributed by atoms with Crippen molar-refractivity contribution in [2.24, 2.45) is 0 Å². The molecule has 88 valence electrons. The fourth-order valence-electron chi connectivity index (χ4n) is 1.97. The van der Waals surface area contributed by atoms with Gasteiger partial charge < -0.3 is 4.74 Å². The lowest BCUT2D eigenvalue weighted by Crippen LogP contribution is -2.34. The third-order valence-corrected chi connectivity index (χ3v) is 3.77. The van der Waals surface area contributed by atoms with Crippen LogP contribution in [0.1, 0.15) is 39.2 Å². The van der Waals surface area contributed by atoms with Gasteiger partial charge >= 0.3 is 0 Å². The Balaban J connectivity index is 2.14. The Morgan fingerprint density at radius 3 is 2.38 bits per heavy atom. The number of rotatable bonds is 2. The lowest BCUT2D eigenvalue weighted by atomic mass is 9.86. The summed E-state index contributed by atoms with van der Waals surface area (Å²) in [7, 11) is 0. The highest BCUT2D eigenvalue weighted by atomic mass is 79.9. The summed E-state index contributed by atoms with van der Waals surface area (Å²) >= 11 is 3.59. The predicted molar refractivity (Wildman–Crippen MR) is 71.5 cm³/mol. The second-order valence-electron chi connectivity index (χ2n) is 5.55. The van der Waals surface area contributed by atoms with E-state index in [0.29, 0.717) is 10.9 Å². The smallest absolute Gasteiger partial charge is 0.123 e. The Morgan fingerprint density at radius 2 is 1.81 bits per heavy atom. The lowest BCUT2D eigenvalue weighted by molar-refractivity contribution is 0.125. The molecule has 1 nitrogen and oxygen atoms in total. The van der Waals surface area contributed by atoms with Gasteiger partial charge in [0.1, 0.15) is 11.9 Å². The molecule has 2 rings (SSSR count). The molecule has 0 aliphatic heterocycles. The monoisotopic (exact) mass is 282 g/mol. The Morgan fingerprint density at radius 1 is 1.19 bits per heavy atom. The van der Waals surface area contributed by atoms with Gasteiger partial charge in [0, 0.05) is 4.83 Å². The molecule has 1 aromatic carbocycles. The van der Waals surface area contributed by atoms with E-state index in [0.717, 1.165) is 18.6 Å². The van der Waals surface area contributed by atoms with Gasteiger partial charge in [-0.05, 0) is 29.9 Å². The molecule has 0 saturated heterocycles. The van der Waals surface area contributed by atoms with Crippen LogP contribution in [0.2, 0.25) is 0 Å². The van der Waals surface area contributed by atoms with Crippen molar-refractivity contribution in [1.82, 2.24) is 0 Å². The lowest BCUT2D eigenvalue weighted by Gasteiger charge is -2.33. The molecular weight excluding hydrogens is 264 g/mol. The molecule has 1 fully saturated rings. The first-order valence-electron chi connectivity index (χ1n) is 5.87. The molecule has 1 saturated carbocycles. The maximum absolute atomic E-state index is 6.05. The number of ether oxygens (including phenoxy) is 1. The number of hydrogen-bond acceptors (Lipinski definition) is 1. The molecule has 0 bridgehead atoms. The van der Waals surface area contributed by atoms with Crippen molar-refractivity contribution in [2.75, 3.05) is 0 Å². The van der Waals surface area contributed by atoms with E-state index in [-0.39, 0.29) is 5.41 Å². The van der Waals surface area contributed by atoms with Crippen molar-refractivity contribution >= 4 is 15.9 Å². The minimum absolute atomic E-state index is 0.147. The van der Waals surface area contributed by atoms with Crippen LogP contribution < -0.4 is 4.74 Å². The van der Waals surface area contributed by atoms with Crippen molar-refractivity contribution in [3.05, 3.63) is 29.8 Å². The summed E-state index contributed by atoms with van der Waals surface area (Å²) < 4.78 is 6.05. The third-order valence-electron chi connectivity index (χ3n) is 3.03. The predicted octanol–water partition coefficient (Wildman–Crippen LogP) is 4.29.